The van der Waals surface area contributed by atoms with Crippen LogP contribution in [0.5, 0.6) is 0 Å². The van der Waals surface area contributed by atoms with Crippen LogP contribution in [0.15, 0.2) is 58.3 Å². The largest absolute Gasteiger partial charge is 0.481 e. The van der Waals surface area contributed by atoms with Crippen molar-refractivity contribution in [2.75, 3.05) is 0 Å². The Labute approximate surface area is 185 Å². The fourth-order valence-electron chi connectivity index (χ4n) is 4.69. The van der Waals surface area contributed by atoms with Gasteiger partial charge in [-0.25, -0.2) is 4.79 Å². The van der Waals surface area contributed by atoms with Crippen LogP contribution in [0.25, 0.3) is 21.8 Å². The van der Waals surface area contributed by atoms with E-state index in [0.29, 0.717) is 23.7 Å². The maximum absolute atomic E-state index is 13.7. The van der Waals surface area contributed by atoms with Crippen molar-refractivity contribution in [2.24, 2.45) is 7.05 Å². The minimum atomic E-state index is -1.03. The summed E-state index contributed by atoms with van der Waals surface area (Å²) in [6.45, 7) is 4.24. The first-order valence-corrected chi connectivity index (χ1v) is 10.8. The summed E-state index contributed by atoms with van der Waals surface area (Å²) < 4.78 is 4.78. The van der Waals surface area contributed by atoms with Gasteiger partial charge in [0.15, 0.2) is 0 Å². The molecule has 1 atom stereocenters. The molecule has 0 aliphatic carbocycles. The van der Waals surface area contributed by atoms with E-state index in [1.165, 1.54) is 0 Å². The summed E-state index contributed by atoms with van der Waals surface area (Å²) in [7, 11) is 1.97. The molecule has 0 amide bonds. The van der Waals surface area contributed by atoms with E-state index in [4.69, 9.17) is 0 Å². The topological polar surface area (TPSA) is 86.2 Å². The fraction of sp³-hybridized carbons (Fsp3) is 0.320. The Hall–Kier alpha value is -3.61. The molecule has 4 rings (SSSR count). The number of carbonyl (C=O) groups is 1. The lowest BCUT2D eigenvalue weighted by molar-refractivity contribution is -0.138. The minimum Gasteiger partial charge on any atom is -0.481 e. The predicted molar refractivity (Wildman–Crippen MR) is 125 cm³/mol. The summed E-state index contributed by atoms with van der Waals surface area (Å²) in [5.41, 5.74) is 2.80. The van der Waals surface area contributed by atoms with Crippen LogP contribution in [0.3, 0.4) is 0 Å². The third kappa shape index (κ3) is 3.64. The predicted octanol–water partition coefficient (Wildman–Crippen LogP) is 3.83. The highest BCUT2D eigenvalue weighted by Gasteiger charge is 2.23. The molecular weight excluding hydrogens is 406 g/mol. The molecule has 0 spiro atoms. The van der Waals surface area contributed by atoms with Gasteiger partial charge < -0.3 is 9.67 Å². The standard InChI is InChI=1S/C25H27N3O4/c1-4-8-18(13-22(29)30)28-24(31)19-10-5-6-11-20(19)27(25(28)32)15-17-14-26(3)21-12-7-9-16(2)23(17)21/h5-7,9-12,14,18H,4,8,13,15H2,1-3H3,(H,29,30)/t18-/m0/s1. The number of nitrogens with zero attached hydrogens (tertiary/aromatic N) is 3. The molecule has 2 aromatic carbocycles. The monoisotopic (exact) mass is 433 g/mol. The van der Waals surface area contributed by atoms with Crippen LogP contribution in [0.4, 0.5) is 0 Å². The fourth-order valence-corrected chi connectivity index (χ4v) is 4.69. The molecule has 0 fully saturated rings. The smallest absolute Gasteiger partial charge is 0.332 e. The molecule has 2 aromatic heterocycles. The molecule has 0 unspecified atom stereocenters. The number of aryl methyl sites for hydroxylation is 2. The van der Waals surface area contributed by atoms with Gasteiger partial charge >= 0.3 is 11.7 Å². The molecule has 4 aromatic rings. The molecule has 0 saturated carbocycles. The molecule has 2 heterocycles. The molecule has 0 saturated heterocycles. The molecule has 7 heteroatoms. The van der Waals surface area contributed by atoms with Crippen LogP contribution in [-0.2, 0) is 18.4 Å². The molecular formula is C25H27N3O4. The van der Waals surface area contributed by atoms with Crippen LogP contribution >= 0.6 is 0 Å². The zero-order valence-electron chi connectivity index (χ0n) is 18.5. The first kappa shape index (κ1) is 21.6. The van der Waals surface area contributed by atoms with E-state index in [2.05, 4.69) is 0 Å². The second-order valence-corrected chi connectivity index (χ2v) is 8.34. The number of aliphatic carboxylic acids is 1. The van der Waals surface area contributed by atoms with Crippen molar-refractivity contribution in [3.8, 4) is 0 Å². The van der Waals surface area contributed by atoms with E-state index in [0.717, 1.165) is 26.6 Å². The van der Waals surface area contributed by atoms with Gasteiger partial charge in [0.05, 0.1) is 29.9 Å². The Bertz CT molecular complexity index is 1440. The van der Waals surface area contributed by atoms with Crippen molar-refractivity contribution in [1.29, 1.82) is 0 Å². The van der Waals surface area contributed by atoms with Gasteiger partial charge in [-0.15, -0.1) is 0 Å². The lowest BCUT2D eigenvalue weighted by Gasteiger charge is -2.20. The van der Waals surface area contributed by atoms with Gasteiger partial charge in [-0.3, -0.25) is 18.7 Å². The Morgan fingerprint density at radius 3 is 2.50 bits per heavy atom. The highest BCUT2D eigenvalue weighted by Crippen LogP contribution is 2.25. The van der Waals surface area contributed by atoms with Crippen molar-refractivity contribution < 1.29 is 9.90 Å². The zero-order valence-corrected chi connectivity index (χ0v) is 18.5. The lowest BCUT2D eigenvalue weighted by atomic mass is 10.1. The number of aromatic nitrogens is 3. The second-order valence-electron chi connectivity index (χ2n) is 8.34. The highest BCUT2D eigenvalue weighted by molar-refractivity contribution is 5.87. The van der Waals surface area contributed by atoms with Crippen LogP contribution in [0.1, 0.15) is 43.4 Å². The van der Waals surface area contributed by atoms with Gasteiger partial charge in [0.1, 0.15) is 0 Å². The Morgan fingerprint density at radius 2 is 1.78 bits per heavy atom. The third-order valence-corrected chi connectivity index (χ3v) is 6.11. The SMILES string of the molecule is CCC[C@@H](CC(=O)O)n1c(=O)c2ccccc2n(Cc2cn(C)c3cccc(C)c23)c1=O. The van der Waals surface area contributed by atoms with Gasteiger partial charge in [-0.2, -0.15) is 0 Å². The van der Waals surface area contributed by atoms with Crippen LogP contribution < -0.4 is 11.2 Å². The van der Waals surface area contributed by atoms with Crippen LogP contribution in [0, 0.1) is 6.92 Å². The van der Waals surface area contributed by atoms with Crippen molar-refractivity contribution in [3.63, 3.8) is 0 Å². The Morgan fingerprint density at radius 1 is 1.06 bits per heavy atom. The number of para-hydroxylation sites is 1. The zero-order chi connectivity index (χ0) is 23.0. The molecule has 0 bridgehead atoms. The molecule has 0 radical (unpaired) electrons. The first-order valence-electron chi connectivity index (χ1n) is 10.8. The van der Waals surface area contributed by atoms with E-state index in [1.54, 1.807) is 28.8 Å². The van der Waals surface area contributed by atoms with E-state index in [9.17, 15) is 19.5 Å². The molecule has 7 nitrogen and oxygen atoms in total. The van der Waals surface area contributed by atoms with Gasteiger partial charge in [0.2, 0.25) is 0 Å². The van der Waals surface area contributed by atoms with E-state index >= 15 is 0 Å². The summed E-state index contributed by atoms with van der Waals surface area (Å²) >= 11 is 0. The number of fused-ring (bicyclic) bond motifs is 2. The average molecular weight is 434 g/mol. The first-order chi connectivity index (χ1) is 15.3. The Balaban J connectivity index is 1.99. The van der Waals surface area contributed by atoms with E-state index < -0.39 is 23.3 Å². The normalized spacial score (nSPS) is 12.5. The summed E-state index contributed by atoms with van der Waals surface area (Å²) in [5, 5.41) is 10.9. The quantitative estimate of drug-likeness (QED) is 0.480. The number of hydrogen-bond donors (Lipinski definition) is 1. The second kappa shape index (κ2) is 8.49. The maximum Gasteiger partial charge on any atom is 0.332 e. The van der Waals surface area contributed by atoms with Crippen LogP contribution in [-0.4, -0.2) is 24.8 Å². The van der Waals surface area contributed by atoms with Gasteiger partial charge in [0.25, 0.3) is 5.56 Å². The maximum atomic E-state index is 13.7. The summed E-state index contributed by atoms with van der Waals surface area (Å²) in [5.74, 6) is -1.03. The minimum absolute atomic E-state index is 0.269. The molecule has 1 N–H and O–H groups in total. The van der Waals surface area contributed by atoms with Gasteiger partial charge in [0, 0.05) is 24.1 Å². The summed E-state index contributed by atoms with van der Waals surface area (Å²) in [6, 6.07) is 12.4. The number of benzene rings is 2. The lowest BCUT2D eigenvalue weighted by Crippen LogP contribution is -2.43. The molecule has 32 heavy (non-hydrogen) atoms. The van der Waals surface area contributed by atoms with Crippen molar-refractivity contribution in [1.82, 2.24) is 13.7 Å². The van der Waals surface area contributed by atoms with E-state index in [-0.39, 0.29) is 13.0 Å². The summed E-state index contributed by atoms with van der Waals surface area (Å²) in [4.78, 5) is 38.4. The number of hydrogen-bond acceptors (Lipinski definition) is 3. The van der Waals surface area contributed by atoms with Gasteiger partial charge in [-0.1, -0.05) is 37.6 Å². The Kier molecular flexibility index (Phi) is 5.74. The highest BCUT2D eigenvalue weighted by atomic mass is 16.4. The van der Waals surface area contributed by atoms with Crippen molar-refractivity contribution >= 4 is 27.8 Å². The summed E-state index contributed by atoms with van der Waals surface area (Å²) in [6.07, 6.45) is 2.84. The van der Waals surface area contributed by atoms with E-state index in [1.807, 2.05) is 49.9 Å². The molecule has 0 aliphatic heterocycles. The number of carboxylic acid groups (broad SMARTS) is 1. The van der Waals surface area contributed by atoms with Crippen molar-refractivity contribution in [3.05, 3.63) is 80.6 Å². The van der Waals surface area contributed by atoms with Crippen molar-refractivity contribution in [2.45, 2.75) is 45.7 Å². The van der Waals surface area contributed by atoms with Crippen LogP contribution in [0.2, 0.25) is 0 Å². The third-order valence-electron chi connectivity index (χ3n) is 6.11. The molecule has 0 aliphatic rings. The number of rotatable bonds is 7. The molecule has 166 valence electrons. The average Bonchev–Trinajstić information content (AvgIpc) is 3.07. The number of carboxylic acids is 1. The van der Waals surface area contributed by atoms with Gasteiger partial charge in [-0.05, 0) is 42.7 Å².